The first-order valence-electron chi connectivity index (χ1n) is 5.87. The summed E-state index contributed by atoms with van der Waals surface area (Å²) in [5.41, 5.74) is -0.572. The van der Waals surface area contributed by atoms with Crippen LogP contribution >= 0.6 is 0 Å². The number of halogens is 3. The molecule has 2 heterocycles. The molecule has 0 bridgehead atoms. The molecule has 0 spiro atoms. The van der Waals surface area contributed by atoms with Crippen molar-refractivity contribution in [2.24, 2.45) is 0 Å². The third-order valence-electron chi connectivity index (χ3n) is 3.22. The van der Waals surface area contributed by atoms with E-state index >= 15 is 0 Å². The molecule has 1 aromatic heterocycles. The molecule has 0 radical (unpaired) electrons. The molecule has 0 N–H and O–H groups in total. The van der Waals surface area contributed by atoms with Crippen molar-refractivity contribution in [3.63, 3.8) is 0 Å². The van der Waals surface area contributed by atoms with Crippen molar-refractivity contribution < 1.29 is 18.0 Å². The van der Waals surface area contributed by atoms with Crippen LogP contribution in [0.3, 0.4) is 0 Å². The van der Waals surface area contributed by atoms with Gasteiger partial charge in [-0.2, -0.15) is 5.26 Å². The van der Waals surface area contributed by atoms with Crippen molar-refractivity contribution >= 4 is 11.6 Å². The van der Waals surface area contributed by atoms with Gasteiger partial charge in [0.25, 0.3) is 5.91 Å². The minimum atomic E-state index is -1.73. The van der Waals surface area contributed by atoms with E-state index in [4.69, 9.17) is 0 Å². The van der Waals surface area contributed by atoms with Gasteiger partial charge in [-0.1, -0.05) is 0 Å². The zero-order chi connectivity index (χ0) is 15.1. The number of fused-ring (bicyclic) bond motifs is 1. The molecule has 0 aliphatic carbocycles. The van der Waals surface area contributed by atoms with Crippen molar-refractivity contribution in [1.29, 1.82) is 5.26 Å². The van der Waals surface area contributed by atoms with Crippen LogP contribution in [0, 0.1) is 28.8 Å². The van der Waals surface area contributed by atoms with E-state index in [0.717, 1.165) is 4.90 Å². The quantitative estimate of drug-likeness (QED) is 0.758. The smallest absolute Gasteiger partial charge is 0.263 e. The molecule has 104 valence electrons. The van der Waals surface area contributed by atoms with Crippen molar-refractivity contribution in [1.82, 2.24) is 4.98 Å². The lowest BCUT2D eigenvalue weighted by molar-refractivity contribution is 0.0990. The van der Waals surface area contributed by atoms with Gasteiger partial charge in [-0.05, 0) is 18.2 Å². The highest BCUT2D eigenvalue weighted by Crippen LogP contribution is 2.39. The number of anilines is 1. The van der Waals surface area contributed by atoms with Crippen LogP contribution in [-0.4, -0.2) is 10.9 Å². The summed E-state index contributed by atoms with van der Waals surface area (Å²) < 4.78 is 40.5. The van der Waals surface area contributed by atoms with E-state index in [1.807, 2.05) is 0 Å². The van der Waals surface area contributed by atoms with Gasteiger partial charge < -0.3 is 0 Å². The maximum Gasteiger partial charge on any atom is 0.263 e. The molecule has 1 aliphatic rings. The fourth-order valence-electron chi connectivity index (χ4n) is 2.31. The Labute approximate surface area is 117 Å². The van der Waals surface area contributed by atoms with E-state index in [0.29, 0.717) is 6.07 Å². The minimum Gasteiger partial charge on any atom is -0.286 e. The summed E-state index contributed by atoms with van der Waals surface area (Å²) in [4.78, 5) is 17.0. The molecule has 1 unspecified atom stereocenters. The van der Waals surface area contributed by atoms with Gasteiger partial charge in [0.1, 0.15) is 0 Å². The lowest BCUT2D eigenvalue weighted by Gasteiger charge is -2.19. The number of nitrogens with zero attached hydrogens (tertiary/aromatic N) is 3. The largest absolute Gasteiger partial charge is 0.286 e. The average Bonchev–Trinajstić information content (AvgIpc) is 2.77. The van der Waals surface area contributed by atoms with E-state index in [1.54, 1.807) is 6.07 Å². The fourth-order valence-corrected chi connectivity index (χ4v) is 2.31. The second kappa shape index (κ2) is 4.59. The van der Waals surface area contributed by atoms with Crippen molar-refractivity contribution in [3.8, 4) is 6.07 Å². The molecule has 7 heteroatoms. The number of pyridine rings is 1. The number of nitriles is 1. The molecule has 21 heavy (non-hydrogen) atoms. The van der Waals surface area contributed by atoms with E-state index < -0.39 is 35.0 Å². The Balaban J connectivity index is 2.24. The van der Waals surface area contributed by atoms with Crippen LogP contribution < -0.4 is 4.90 Å². The summed E-state index contributed by atoms with van der Waals surface area (Å²) in [6.45, 7) is 0. The molecular formula is C14H6F3N3O. The summed E-state index contributed by atoms with van der Waals surface area (Å²) in [7, 11) is 0. The van der Waals surface area contributed by atoms with Gasteiger partial charge in [-0.15, -0.1) is 0 Å². The van der Waals surface area contributed by atoms with Crippen LogP contribution in [0.5, 0.6) is 0 Å². The molecular weight excluding hydrogens is 283 g/mol. The number of aromatic nitrogens is 1. The summed E-state index contributed by atoms with van der Waals surface area (Å²) in [5.74, 6) is -5.65. The molecule has 3 rings (SSSR count). The fraction of sp³-hybridized carbons (Fsp3) is 0.0714. The van der Waals surface area contributed by atoms with Gasteiger partial charge >= 0.3 is 0 Å². The van der Waals surface area contributed by atoms with Gasteiger partial charge in [-0.3, -0.25) is 14.7 Å². The minimum absolute atomic E-state index is 0.192. The molecule has 0 saturated heterocycles. The Hall–Kier alpha value is -2.88. The van der Waals surface area contributed by atoms with Gasteiger partial charge in [-0.25, -0.2) is 13.2 Å². The number of benzene rings is 1. The van der Waals surface area contributed by atoms with Crippen LogP contribution in [0.15, 0.2) is 30.6 Å². The molecule has 0 fully saturated rings. The second-order valence-corrected chi connectivity index (χ2v) is 4.37. The monoisotopic (exact) mass is 289 g/mol. The Bertz CT molecular complexity index is 786. The molecule has 4 nitrogen and oxygen atoms in total. The third-order valence-corrected chi connectivity index (χ3v) is 3.22. The topological polar surface area (TPSA) is 57.0 Å². The van der Waals surface area contributed by atoms with E-state index in [2.05, 4.69) is 4.98 Å². The summed E-state index contributed by atoms with van der Waals surface area (Å²) in [6, 6.07) is 4.25. The maximum absolute atomic E-state index is 13.8. The third kappa shape index (κ3) is 1.76. The van der Waals surface area contributed by atoms with E-state index in [9.17, 15) is 23.2 Å². The predicted molar refractivity (Wildman–Crippen MR) is 65.7 cm³/mol. The summed E-state index contributed by atoms with van der Waals surface area (Å²) in [5, 5.41) is 9.21. The molecule has 1 atom stereocenters. The summed E-state index contributed by atoms with van der Waals surface area (Å²) in [6.07, 6.45) is 2.76. The number of amides is 1. The molecule has 2 aromatic rings. The highest BCUT2D eigenvalue weighted by molar-refractivity contribution is 6.11. The highest BCUT2D eigenvalue weighted by Gasteiger charge is 2.42. The van der Waals surface area contributed by atoms with Crippen LogP contribution in [-0.2, 0) is 0 Å². The van der Waals surface area contributed by atoms with Gasteiger partial charge in [0.2, 0.25) is 0 Å². The first-order valence-corrected chi connectivity index (χ1v) is 5.87. The lowest BCUT2D eigenvalue weighted by Crippen LogP contribution is -2.27. The number of hydrogen-bond donors (Lipinski definition) is 0. The Morgan fingerprint density at radius 1 is 1.29 bits per heavy atom. The van der Waals surface area contributed by atoms with Crippen LogP contribution in [0.2, 0.25) is 0 Å². The standard InChI is InChI=1S/C14H6F3N3O/c15-9-4-8-10(5-18)20(7-2-1-3-19-6-7)14(21)11(8)13(17)12(9)16/h1-4,6,10H. The van der Waals surface area contributed by atoms with Crippen LogP contribution in [0.4, 0.5) is 18.9 Å². The zero-order valence-electron chi connectivity index (χ0n) is 10.3. The first kappa shape index (κ1) is 13.1. The molecule has 0 saturated carbocycles. The molecule has 1 aliphatic heterocycles. The number of rotatable bonds is 1. The Morgan fingerprint density at radius 2 is 2.05 bits per heavy atom. The zero-order valence-corrected chi connectivity index (χ0v) is 10.3. The first-order chi connectivity index (χ1) is 10.1. The van der Waals surface area contributed by atoms with E-state index in [-0.39, 0.29) is 11.3 Å². The number of hydrogen-bond acceptors (Lipinski definition) is 3. The number of carbonyl (C=O) groups is 1. The van der Waals surface area contributed by atoms with Gasteiger partial charge in [0.05, 0.1) is 23.5 Å². The van der Waals surface area contributed by atoms with Crippen molar-refractivity contribution in [3.05, 3.63) is 59.2 Å². The van der Waals surface area contributed by atoms with E-state index in [1.165, 1.54) is 24.5 Å². The normalized spacial score (nSPS) is 16.8. The number of carbonyl (C=O) groups excluding carboxylic acids is 1. The van der Waals surface area contributed by atoms with Crippen LogP contribution in [0.25, 0.3) is 0 Å². The van der Waals surface area contributed by atoms with Crippen molar-refractivity contribution in [2.45, 2.75) is 6.04 Å². The van der Waals surface area contributed by atoms with Crippen molar-refractivity contribution in [2.75, 3.05) is 4.90 Å². The highest BCUT2D eigenvalue weighted by atomic mass is 19.2. The Kier molecular flexibility index (Phi) is 2.87. The molecule has 1 aromatic carbocycles. The lowest BCUT2D eigenvalue weighted by atomic mass is 10.0. The predicted octanol–water partition coefficient (Wildman–Crippen LogP) is 2.72. The van der Waals surface area contributed by atoms with Gasteiger partial charge in [0, 0.05) is 11.8 Å². The Morgan fingerprint density at radius 3 is 2.67 bits per heavy atom. The molecule has 1 amide bonds. The van der Waals surface area contributed by atoms with Crippen LogP contribution in [0.1, 0.15) is 22.0 Å². The summed E-state index contributed by atoms with van der Waals surface area (Å²) >= 11 is 0. The average molecular weight is 289 g/mol. The maximum atomic E-state index is 13.8. The second-order valence-electron chi connectivity index (χ2n) is 4.37. The van der Waals surface area contributed by atoms with Gasteiger partial charge in [0.15, 0.2) is 23.5 Å². The SMILES string of the molecule is N#CC1c2cc(F)c(F)c(F)c2C(=O)N1c1cccnc1.